The van der Waals surface area contributed by atoms with Gasteiger partial charge in [-0.25, -0.2) is 0 Å². The Bertz CT molecular complexity index is 1330. The molecule has 3 N–H and O–H groups in total. The highest BCUT2D eigenvalue weighted by molar-refractivity contribution is 6.31. The summed E-state index contributed by atoms with van der Waals surface area (Å²) in [5.74, 6) is 0.550. The molecule has 1 amide bonds. The number of aromatic nitrogens is 1. The van der Waals surface area contributed by atoms with Crippen LogP contribution in [0.2, 0.25) is 5.02 Å². The van der Waals surface area contributed by atoms with Crippen LogP contribution in [0.25, 0.3) is 0 Å². The van der Waals surface area contributed by atoms with Gasteiger partial charge in [0.05, 0.1) is 10.6 Å². The van der Waals surface area contributed by atoms with Gasteiger partial charge < -0.3 is 15.4 Å². The van der Waals surface area contributed by atoms with E-state index in [2.05, 4.69) is 15.6 Å². The second-order valence-corrected chi connectivity index (χ2v) is 9.61. The number of amides is 1. The van der Waals surface area contributed by atoms with Crippen LogP contribution in [0.4, 0.5) is 18.9 Å². The smallest absolute Gasteiger partial charge is 0.417 e. The number of rotatable bonds is 6. The maximum Gasteiger partial charge on any atom is 0.417 e. The van der Waals surface area contributed by atoms with E-state index >= 15 is 0 Å². The van der Waals surface area contributed by atoms with Gasteiger partial charge in [-0.1, -0.05) is 17.7 Å². The van der Waals surface area contributed by atoms with Crippen molar-refractivity contribution < 1.29 is 22.7 Å². The van der Waals surface area contributed by atoms with Gasteiger partial charge in [-0.15, -0.1) is 0 Å². The molecule has 1 aliphatic carbocycles. The summed E-state index contributed by atoms with van der Waals surface area (Å²) < 4.78 is 45.5. The number of alkyl halides is 3. The minimum Gasteiger partial charge on any atom is -0.457 e. The lowest BCUT2D eigenvalue weighted by Gasteiger charge is -2.24. The summed E-state index contributed by atoms with van der Waals surface area (Å²) in [5, 5.41) is 13.3. The van der Waals surface area contributed by atoms with Gasteiger partial charge in [-0.2, -0.15) is 13.2 Å². The SMILES string of the molecule is CC(C)NC(=N)c1cc(Oc2ccc3c(c2)CC(C(=O)Nc2ccc(Cl)c(C(F)(F)F)c2)CC3)ccn1. The van der Waals surface area contributed by atoms with Gasteiger partial charge in [0.25, 0.3) is 0 Å². The highest BCUT2D eigenvalue weighted by Crippen LogP contribution is 2.37. The van der Waals surface area contributed by atoms with Gasteiger partial charge in [0.1, 0.15) is 23.0 Å². The molecular formula is C27H26ClF3N4O2. The molecule has 10 heteroatoms. The van der Waals surface area contributed by atoms with Gasteiger partial charge >= 0.3 is 6.18 Å². The molecule has 37 heavy (non-hydrogen) atoms. The van der Waals surface area contributed by atoms with Gasteiger partial charge in [0.15, 0.2) is 0 Å². The number of benzene rings is 2. The average molecular weight is 531 g/mol. The summed E-state index contributed by atoms with van der Waals surface area (Å²) in [4.78, 5) is 17.1. The molecular weight excluding hydrogens is 505 g/mol. The van der Waals surface area contributed by atoms with Crippen LogP contribution < -0.4 is 15.4 Å². The lowest BCUT2D eigenvalue weighted by atomic mass is 9.83. The molecule has 3 aromatic rings. The summed E-state index contributed by atoms with van der Waals surface area (Å²) in [6, 6.07) is 12.5. The third-order valence-electron chi connectivity index (χ3n) is 5.97. The summed E-state index contributed by atoms with van der Waals surface area (Å²) in [6.45, 7) is 3.87. The summed E-state index contributed by atoms with van der Waals surface area (Å²) >= 11 is 5.68. The number of fused-ring (bicyclic) bond motifs is 1. The molecule has 2 aromatic carbocycles. The monoisotopic (exact) mass is 530 g/mol. The summed E-state index contributed by atoms with van der Waals surface area (Å²) in [7, 11) is 0. The molecule has 1 aromatic heterocycles. The van der Waals surface area contributed by atoms with Gasteiger partial charge in [0, 0.05) is 29.9 Å². The molecule has 1 atom stereocenters. The van der Waals surface area contributed by atoms with E-state index in [1.54, 1.807) is 18.3 Å². The minimum absolute atomic E-state index is 0.0515. The Kier molecular flexibility index (Phi) is 7.73. The fourth-order valence-corrected chi connectivity index (χ4v) is 4.42. The lowest BCUT2D eigenvalue weighted by molar-refractivity contribution is -0.137. The number of halogens is 4. The molecule has 1 aliphatic rings. The van der Waals surface area contributed by atoms with Crippen molar-refractivity contribution >= 4 is 29.0 Å². The maximum absolute atomic E-state index is 13.2. The number of carbonyl (C=O) groups is 1. The van der Waals surface area contributed by atoms with Gasteiger partial charge in [0.2, 0.25) is 5.91 Å². The Morgan fingerprint density at radius 1 is 1.11 bits per heavy atom. The molecule has 0 bridgehead atoms. The first-order valence-electron chi connectivity index (χ1n) is 11.8. The van der Waals surface area contributed by atoms with Crippen molar-refractivity contribution in [1.29, 1.82) is 5.41 Å². The Hall–Kier alpha value is -3.59. The van der Waals surface area contributed by atoms with Crippen LogP contribution in [0.5, 0.6) is 11.5 Å². The third kappa shape index (κ3) is 6.60. The van der Waals surface area contributed by atoms with Gasteiger partial charge in [-0.3, -0.25) is 15.2 Å². The zero-order valence-corrected chi connectivity index (χ0v) is 21.0. The Balaban J connectivity index is 1.45. The zero-order chi connectivity index (χ0) is 26.7. The minimum atomic E-state index is -4.61. The number of anilines is 1. The number of ether oxygens (including phenoxy) is 1. The normalized spacial score (nSPS) is 15.2. The molecule has 194 valence electrons. The number of nitrogens with one attached hydrogen (secondary N) is 3. The van der Waals surface area contributed by atoms with Gasteiger partial charge in [-0.05, 0) is 80.6 Å². The molecule has 0 radical (unpaired) electrons. The third-order valence-corrected chi connectivity index (χ3v) is 6.30. The number of nitrogens with zero attached hydrogens (tertiary/aromatic N) is 1. The van der Waals surface area contributed by atoms with E-state index in [-0.39, 0.29) is 23.5 Å². The van der Waals surface area contributed by atoms with E-state index in [1.807, 2.05) is 32.0 Å². The molecule has 0 aliphatic heterocycles. The van der Waals surface area contributed by atoms with Crippen molar-refractivity contribution in [3.05, 3.63) is 82.1 Å². The second kappa shape index (κ2) is 10.8. The van der Waals surface area contributed by atoms with Crippen LogP contribution in [0.15, 0.2) is 54.7 Å². The quantitative estimate of drug-likeness (QED) is 0.247. The molecule has 1 unspecified atom stereocenters. The van der Waals surface area contributed by atoms with Crippen LogP contribution >= 0.6 is 11.6 Å². The topological polar surface area (TPSA) is 87.1 Å². The average Bonchev–Trinajstić information content (AvgIpc) is 2.84. The molecule has 4 rings (SSSR count). The van der Waals surface area contributed by atoms with Crippen molar-refractivity contribution in [2.75, 3.05) is 5.32 Å². The summed E-state index contributed by atoms with van der Waals surface area (Å²) in [6.07, 6.45) is -1.36. The number of hydrogen-bond donors (Lipinski definition) is 3. The number of carbonyl (C=O) groups excluding carboxylic acids is 1. The highest BCUT2D eigenvalue weighted by Gasteiger charge is 2.34. The zero-order valence-electron chi connectivity index (χ0n) is 20.2. The summed E-state index contributed by atoms with van der Waals surface area (Å²) in [5.41, 5.74) is 1.56. The molecule has 6 nitrogen and oxygen atoms in total. The first-order valence-corrected chi connectivity index (χ1v) is 12.2. The van der Waals surface area contributed by atoms with E-state index in [0.717, 1.165) is 23.3 Å². The fourth-order valence-electron chi connectivity index (χ4n) is 4.20. The van der Waals surface area contributed by atoms with E-state index in [4.69, 9.17) is 21.7 Å². The van der Waals surface area contributed by atoms with Crippen molar-refractivity contribution in [1.82, 2.24) is 10.3 Å². The molecule has 0 saturated carbocycles. The predicted octanol–water partition coefficient (Wildman–Crippen LogP) is 6.61. The fraction of sp³-hybridized carbons (Fsp3) is 0.296. The lowest BCUT2D eigenvalue weighted by Crippen LogP contribution is -2.30. The van der Waals surface area contributed by atoms with Crippen LogP contribution in [0, 0.1) is 11.3 Å². The van der Waals surface area contributed by atoms with Crippen molar-refractivity contribution in [2.45, 2.75) is 45.3 Å². The second-order valence-electron chi connectivity index (χ2n) is 9.20. The van der Waals surface area contributed by atoms with Crippen molar-refractivity contribution in [3.63, 3.8) is 0 Å². The van der Waals surface area contributed by atoms with Crippen molar-refractivity contribution in [3.8, 4) is 11.5 Å². The number of amidine groups is 1. The van der Waals surface area contributed by atoms with Crippen LogP contribution in [0.1, 0.15) is 42.7 Å². The largest absolute Gasteiger partial charge is 0.457 e. The van der Waals surface area contributed by atoms with E-state index in [0.29, 0.717) is 36.5 Å². The van der Waals surface area contributed by atoms with E-state index in [1.165, 1.54) is 6.07 Å². The molecule has 0 spiro atoms. The van der Waals surface area contributed by atoms with Crippen LogP contribution in [-0.4, -0.2) is 22.8 Å². The number of pyridine rings is 1. The molecule has 0 fully saturated rings. The van der Waals surface area contributed by atoms with E-state index in [9.17, 15) is 18.0 Å². The Labute approximate surface area is 217 Å². The van der Waals surface area contributed by atoms with Crippen LogP contribution in [-0.2, 0) is 23.8 Å². The number of aryl methyl sites for hydroxylation is 1. The van der Waals surface area contributed by atoms with Crippen molar-refractivity contribution in [2.24, 2.45) is 5.92 Å². The first-order chi connectivity index (χ1) is 17.5. The Morgan fingerprint density at radius 3 is 2.59 bits per heavy atom. The predicted molar refractivity (Wildman–Crippen MR) is 136 cm³/mol. The molecule has 1 heterocycles. The maximum atomic E-state index is 13.2. The standard InChI is InChI=1S/C27H26ClF3N4O2/c1-15(2)34-25(32)24-14-21(9-10-33-24)37-20-7-5-16-3-4-17(11-18(16)12-20)26(36)35-19-6-8-23(28)22(13-19)27(29,30)31/h5-10,12-15,17H,3-4,11H2,1-2H3,(H2,32,34)(H,35,36). The van der Waals surface area contributed by atoms with Crippen LogP contribution in [0.3, 0.4) is 0 Å². The van der Waals surface area contributed by atoms with E-state index < -0.39 is 22.7 Å². The molecule has 0 saturated heterocycles. The Morgan fingerprint density at radius 2 is 1.86 bits per heavy atom. The highest BCUT2D eigenvalue weighted by atomic mass is 35.5. The number of hydrogen-bond acceptors (Lipinski definition) is 4. The first kappa shape index (κ1) is 26.5.